The second kappa shape index (κ2) is 7.27. The molecule has 6 nitrogen and oxygen atoms in total. The molecule has 0 unspecified atom stereocenters. The van der Waals surface area contributed by atoms with Crippen LogP contribution < -0.4 is 5.32 Å². The molecule has 0 atom stereocenters. The maximum atomic E-state index is 11.9. The highest BCUT2D eigenvalue weighted by Gasteiger charge is 2.23. The minimum absolute atomic E-state index is 0.0569. The minimum atomic E-state index is 0.0569. The van der Waals surface area contributed by atoms with E-state index in [-0.39, 0.29) is 5.91 Å². The van der Waals surface area contributed by atoms with Crippen molar-refractivity contribution in [2.45, 2.75) is 38.9 Å². The standard InChI is InChI=1S/C17H23N5OS/c1-3-12-4-6-13(7-5-12)16-19-17(24)22(20-16)11-21(2)10-15(23)18-14-8-9-14/h4-7,14H,3,8-11H2,1-2H3,(H,18,23)(H,19,20,24). The number of likely N-dealkylation sites (N-methyl/N-ethyl adjacent to an activating group) is 1. The maximum absolute atomic E-state index is 11.9. The molecule has 1 aliphatic carbocycles. The van der Waals surface area contributed by atoms with Crippen molar-refractivity contribution < 1.29 is 4.79 Å². The lowest BCUT2D eigenvalue weighted by Crippen LogP contribution is -2.37. The van der Waals surface area contributed by atoms with Gasteiger partial charge in [0.05, 0.1) is 13.2 Å². The second-order valence-corrected chi connectivity index (χ2v) is 6.70. The molecule has 1 aliphatic rings. The van der Waals surface area contributed by atoms with Gasteiger partial charge in [-0.2, -0.15) is 4.98 Å². The summed E-state index contributed by atoms with van der Waals surface area (Å²) < 4.78 is 2.27. The molecule has 0 bridgehead atoms. The van der Waals surface area contributed by atoms with E-state index in [1.807, 2.05) is 24.1 Å². The zero-order valence-corrected chi connectivity index (χ0v) is 14.9. The lowest BCUT2D eigenvalue weighted by molar-refractivity contribution is -0.122. The van der Waals surface area contributed by atoms with E-state index >= 15 is 0 Å². The average Bonchev–Trinajstić information content (AvgIpc) is 3.29. The number of aromatic nitrogens is 3. The van der Waals surface area contributed by atoms with Crippen LogP contribution in [0.4, 0.5) is 0 Å². The molecule has 1 saturated carbocycles. The van der Waals surface area contributed by atoms with Gasteiger partial charge < -0.3 is 5.32 Å². The van der Waals surface area contributed by atoms with E-state index in [1.165, 1.54) is 5.56 Å². The Morgan fingerprint density at radius 2 is 2.12 bits per heavy atom. The van der Waals surface area contributed by atoms with Crippen molar-refractivity contribution in [3.8, 4) is 11.4 Å². The molecule has 2 N–H and O–H groups in total. The molecule has 0 aliphatic heterocycles. The molecule has 1 aromatic carbocycles. The maximum Gasteiger partial charge on any atom is 0.234 e. The number of nitrogens with one attached hydrogen (secondary N) is 2. The van der Waals surface area contributed by atoms with Crippen LogP contribution in [0.2, 0.25) is 0 Å². The molecule has 3 rings (SSSR count). The molecular weight excluding hydrogens is 322 g/mol. The highest BCUT2D eigenvalue weighted by atomic mass is 32.1. The van der Waals surface area contributed by atoms with Crippen LogP contribution in [0, 0.1) is 4.77 Å². The van der Waals surface area contributed by atoms with E-state index in [0.717, 1.165) is 30.7 Å². The molecule has 2 aromatic rings. The Labute approximate surface area is 146 Å². The summed E-state index contributed by atoms with van der Waals surface area (Å²) in [5.74, 6) is 0.805. The summed E-state index contributed by atoms with van der Waals surface area (Å²) in [4.78, 5) is 18.2. The van der Waals surface area contributed by atoms with Gasteiger partial charge in [-0.05, 0) is 44.1 Å². The largest absolute Gasteiger partial charge is 0.352 e. The third-order valence-corrected chi connectivity index (χ3v) is 4.37. The van der Waals surface area contributed by atoms with Gasteiger partial charge in [0.25, 0.3) is 0 Å². The molecule has 1 fully saturated rings. The summed E-state index contributed by atoms with van der Waals surface area (Å²) in [6, 6.07) is 8.67. The van der Waals surface area contributed by atoms with Crippen molar-refractivity contribution in [2.24, 2.45) is 0 Å². The number of carbonyl (C=O) groups excluding carboxylic acids is 1. The molecule has 7 heteroatoms. The van der Waals surface area contributed by atoms with Crippen molar-refractivity contribution >= 4 is 18.1 Å². The van der Waals surface area contributed by atoms with Crippen molar-refractivity contribution in [3.63, 3.8) is 0 Å². The molecule has 128 valence electrons. The molecule has 0 radical (unpaired) electrons. The van der Waals surface area contributed by atoms with Crippen molar-refractivity contribution in [2.75, 3.05) is 13.6 Å². The Hall–Kier alpha value is -1.99. The highest BCUT2D eigenvalue weighted by molar-refractivity contribution is 7.71. The monoisotopic (exact) mass is 345 g/mol. The van der Waals surface area contributed by atoms with Crippen molar-refractivity contribution in [1.29, 1.82) is 0 Å². The normalized spacial score (nSPS) is 14.1. The van der Waals surface area contributed by atoms with Gasteiger partial charge in [0.15, 0.2) is 5.82 Å². The van der Waals surface area contributed by atoms with E-state index in [1.54, 1.807) is 4.68 Å². The fourth-order valence-corrected chi connectivity index (χ4v) is 2.71. The van der Waals surface area contributed by atoms with Crippen LogP contribution in [0.25, 0.3) is 11.4 Å². The number of carbonyl (C=O) groups is 1. The van der Waals surface area contributed by atoms with Crippen LogP contribution in [0.1, 0.15) is 25.3 Å². The third kappa shape index (κ3) is 4.30. The molecule has 0 spiro atoms. The SMILES string of the molecule is CCc1ccc(-c2nc(=S)n(CN(C)CC(=O)NC3CC3)[nH]2)cc1. The molecule has 1 amide bonds. The van der Waals surface area contributed by atoms with E-state index < -0.39 is 0 Å². The predicted molar refractivity (Wildman–Crippen MR) is 96.0 cm³/mol. The van der Waals surface area contributed by atoms with E-state index in [9.17, 15) is 4.79 Å². The van der Waals surface area contributed by atoms with E-state index in [0.29, 0.717) is 24.0 Å². The fourth-order valence-electron chi connectivity index (χ4n) is 2.52. The van der Waals surface area contributed by atoms with Crippen LogP contribution in [0.5, 0.6) is 0 Å². The summed E-state index contributed by atoms with van der Waals surface area (Å²) in [6.45, 7) is 2.97. The number of aryl methyl sites for hydroxylation is 1. The Morgan fingerprint density at radius 1 is 1.42 bits per heavy atom. The summed E-state index contributed by atoms with van der Waals surface area (Å²) in [7, 11) is 1.89. The van der Waals surface area contributed by atoms with Crippen molar-refractivity contribution in [3.05, 3.63) is 34.6 Å². The van der Waals surface area contributed by atoms with E-state index in [2.05, 4.69) is 34.5 Å². The topological polar surface area (TPSA) is 66.0 Å². The van der Waals surface area contributed by atoms with Crippen LogP contribution in [0.3, 0.4) is 0 Å². The van der Waals surface area contributed by atoms with Crippen LogP contribution >= 0.6 is 12.2 Å². The van der Waals surface area contributed by atoms with Crippen LogP contribution in [-0.2, 0) is 17.9 Å². The lowest BCUT2D eigenvalue weighted by atomic mass is 10.1. The van der Waals surface area contributed by atoms with Crippen molar-refractivity contribution in [1.82, 2.24) is 25.0 Å². The molecule has 24 heavy (non-hydrogen) atoms. The molecular formula is C17H23N5OS. The summed E-state index contributed by atoms with van der Waals surface area (Å²) >= 11 is 5.33. The zero-order valence-electron chi connectivity index (χ0n) is 14.1. The number of H-pyrrole nitrogens is 1. The van der Waals surface area contributed by atoms with Gasteiger partial charge in [-0.15, -0.1) is 0 Å². The third-order valence-electron chi connectivity index (χ3n) is 4.05. The number of benzene rings is 1. The Balaban J connectivity index is 1.64. The number of hydrogen-bond acceptors (Lipinski definition) is 4. The zero-order chi connectivity index (χ0) is 17.1. The number of nitrogens with zero attached hydrogens (tertiary/aromatic N) is 3. The van der Waals surface area contributed by atoms with Crippen LogP contribution in [0.15, 0.2) is 24.3 Å². The van der Waals surface area contributed by atoms with Gasteiger partial charge in [0, 0.05) is 11.6 Å². The van der Waals surface area contributed by atoms with Gasteiger partial charge in [-0.1, -0.05) is 31.2 Å². The van der Waals surface area contributed by atoms with Gasteiger partial charge in [-0.25, -0.2) is 4.68 Å². The number of aromatic amines is 1. The Kier molecular flexibility index (Phi) is 5.11. The van der Waals surface area contributed by atoms with Gasteiger partial charge in [0.2, 0.25) is 10.7 Å². The Morgan fingerprint density at radius 3 is 2.75 bits per heavy atom. The summed E-state index contributed by atoms with van der Waals surface area (Å²) in [5.41, 5.74) is 2.30. The smallest absolute Gasteiger partial charge is 0.234 e. The predicted octanol–water partition coefficient (Wildman–Crippen LogP) is 2.34. The number of amides is 1. The van der Waals surface area contributed by atoms with E-state index in [4.69, 9.17) is 12.2 Å². The van der Waals surface area contributed by atoms with Gasteiger partial charge in [0.1, 0.15) is 0 Å². The number of rotatable bonds is 7. The second-order valence-electron chi connectivity index (χ2n) is 6.33. The number of hydrogen-bond donors (Lipinski definition) is 2. The molecule has 1 heterocycles. The fraction of sp³-hybridized carbons (Fsp3) is 0.471. The Bertz CT molecular complexity index is 760. The van der Waals surface area contributed by atoms with Crippen LogP contribution in [-0.4, -0.2) is 45.2 Å². The first-order valence-corrected chi connectivity index (χ1v) is 8.70. The molecule has 1 aromatic heterocycles. The quantitative estimate of drug-likeness (QED) is 0.756. The first-order chi connectivity index (χ1) is 11.5. The summed E-state index contributed by atoms with van der Waals surface area (Å²) in [5, 5.41) is 6.21. The molecule has 0 saturated heterocycles. The van der Waals surface area contributed by atoms with Gasteiger partial charge in [-0.3, -0.25) is 14.8 Å². The first-order valence-electron chi connectivity index (χ1n) is 8.29. The average molecular weight is 345 g/mol. The minimum Gasteiger partial charge on any atom is -0.352 e. The van der Waals surface area contributed by atoms with Gasteiger partial charge >= 0.3 is 0 Å². The highest BCUT2D eigenvalue weighted by Crippen LogP contribution is 2.18. The summed E-state index contributed by atoms with van der Waals surface area (Å²) in [6.07, 6.45) is 3.21. The first kappa shape index (κ1) is 16.9. The lowest BCUT2D eigenvalue weighted by Gasteiger charge is -2.16.